The number of anilines is 1. The number of carbonyl (C=O) groups is 1. The Kier molecular flexibility index (Phi) is 7.02. The molecule has 0 bridgehead atoms. The molecule has 1 amide bonds. The summed E-state index contributed by atoms with van der Waals surface area (Å²) >= 11 is 6.07. The lowest BCUT2D eigenvalue weighted by Gasteiger charge is -2.11. The standard InChI is InChI=1S/C18H21ClN2O4S/c1-13-4-7-15(8-5-13)26(23,24)21-14-6-9-17(19)16(12-14)18(22)20-10-3-11-25-2/h4-9,12,21H,3,10-11H2,1-2H3,(H,20,22). The Hall–Kier alpha value is -2.09. The second kappa shape index (κ2) is 9.02. The van der Waals surface area contributed by atoms with Crippen molar-refractivity contribution in [2.24, 2.45) is 0 Å². The van der Waals surface area contributed by atoms with Gasteiger partial charge in [0.15, 0.2) is 0 Å². The number of hydrogen-bond acceptors (Lipinski definition) is 4. The molecule has 0 atom stereocenters. The molecule has 0 aliphatic heterocycles. The van der Waals surface area contributed by atoms with Crippen molar-refractivity contribution in [2.75, 3.05) is 25.0 Å². The summed E-state index contributed by atoms with van der Waals surface area (Å²) in [5.41, 5.74) is 1.42. The molecule has 2 rings (SSSR count). The Balaban J connectivity index is 2.15. The van der Waals surface area contributed by atoms with Crippen LogP contribution in [0, 0.1) is 6.92 Å². The van der Waals surface area contributed by atoms with Crippen LogP contribution in [0.15, 0.2) is 47.4 Å². The quantitative estimate of drug-likeness (QED) is 0.671. The van der Waals surface area contributed by atoms with E-state index in [0.29, 0.717) is 19.6 Å². The van der Waals surface area contributed by atoms with Gasteiger partial charge in [-0.25, -0.2) is 8.42 Å². The van der Waals surface area contributed by atoms with Crippen LogP contribution in [0.5, 0.6) is 0 Å². The van der Waals surface area contributed by atoms with E-state index in [2.05, 4.69) is 10.0 Å². The summed E-state index contributed by atoms with van der Waals surface area (Å²) in [6.07, 6.45) is 0.666. The Bertz CT molecular complexity index is 867. The molecule has 0 radical (unpaired) electrons. The summed E-state index contributed by atoms with van der Waals surface area (Å²) in [6.45, 7) is 2.84. The lowest BCUT2D eigenvalue weighted by molar-refractivity contribution is 0.0949. The van der Waals surface area contributed by atoms with E-state index >= 15 is 0 Å². The molecule has 2 aromatic rings. The zero-order valence-corrected chi connectivity index (χ0v) is 16.2. The summed E-state index contributed by atoms with van der Waals surface area (Å²) in [4.78, 5) is 12.4. The van der Waals surface area contributed by atoms with Crippen LogP contribution < -0.4 is 10.0 Å². The number of rotatable bonds is 8. The first-order valence-electron chi connectivity index (χ1n) is 7.99. The number of ether oxygens (including phenoxy) is 1. The van der Waals surface area contributed by atoms with Crippen molar-refractivity contribution in [1.29, 1.82) is 0 Å². The molecule has 0 fully saturated rings. The molecule has 2 aromatic carbocycles. The van der Waals surface area contributed by atoms with Crippen LogP contribution in [0.1, 0.15) is 22.3 Å². The van der Waals surface area contributed by atoms with Gasteiger partial charge in [0.05, 0.1) is 15.5 Å². The molecule has 2 N–H and O–H groups in total. The normalized spacial score (nSPS) is 11.2. The first-order chi connectivity index (χ1) is 12.3. The second-order valence-corrected chi connectivity index (χ2v) is 7.81. The molecular weight excluding hydrogens is 376 g/mol. The Morgan fingerprint density at radius 2 is 1.85 bits per heavy atom. The molecule has 0 aliphatic rings. The van der Waals surface area contributed by atoms with Gasteiger partial charge in [-0.05, 0) is 43.7 Å². The molecule has 0 heterocycles. The van der Waals surface area contributed by atoms with Crippen molar-refractivity contribution >= 4 is 33.2 Å². The fraction of sp³-hybridized carbons (Fsp3) is 0.278. The predicted octanol–water partition coefficient (Wildman–Crippen LogP) is 3.22. The van der Waals surface area contributed by atoms with Crippen molar-refractivity contribution in [3.8, 4) is 0 Å². The van der Waals surface area contributed by atoms with Crippen molar-refractivity contribution in [2.45, 2.75) is 18.2 Å². The Morgan fingerprint density at radius 3 is 2.50 bits per heavy atom. The minimum atomic E-state index is -3.75. The van der Waals surface area contributed by atoms with Crippen LogP contribution in [-0.2, 0) is 14.8 Å². The molecule has 0 aromatic heterocycles. The number of carbonyl (C=O) groups excluding carboxylic acids is 1. The monoisotopic (exact) mass is 396 g/mol. The van der Waals surface area contributed by atoms with Gasteiger partial charge < -0.3 is 10.1 Å². The molecule has 8 heteroatoms. The van der Waals surface area contributed by atoms with Crippen LogP contribution in [0.3, 0.4) is 0 Å². The average Bonchev–Trinajstić information content (AvgIpc) is 2.60. The van der Waals surface area contributed by atoms with Crippen LogP contribution in [0.25, 0.3) is 0 Å². The van der Waals surface area contributed by atoms with E-state index in [-0.39, 0.29) is 27.1 Å². The maximum Gasteiger partial charge on any atom is 0.261 e. The van der Waals surface area contributed by atoms with Crippen molar-refractivity contribution in [3.63, 3.8) is 0 Å². The highest BCUT2D eigenvalue weighted by Gasteiger charge is 2.16. The van der Waals surface area contributed by atoms with Gasteiger partial charge in [-0.1, -0.05) is 29.3 Å². The number of hydrogen-bond donors (Lipinski definition) is 2. The highest BCUT2D eigenvalue weighted by atomic mass is 35.5. The molecule has 26 heavy (non-hydrogen) atoms. The van der Waals surface area contributed by atoms with Gasteiger partial charge in [-0.3, -0.25) is 9.52 Å². The smallest absolute Gasteiger partial charge is 0.261 e. The Labute approximate surface area is 158 Å². The SMILES string of the molecule is COCCCNC(=O)c1cc(NS(=O)(=O)c2ccc(C)cc2)ccc1Cl. The van der Waals surface area contributed by atoms with Crippen LogP contribution in [-0.4, -0.2) is 34.6 Å². The Morgan fingerprint density at radius 1 is 1.15 bits per heavy atom. The molecule has 0 saturated heterocycles. The van der Waals surface area contributed by atoms with Crippen LogP contribution in [0.2, 0.25) is 5.02 Å². The number of halogens is 1. The van der Waals surface area contributed by atoms with Gasteiger partial charge in [-0.2, -0.15) is 0 Å². The van der Waals surface area contributed by atoms with E-state index in [1.54, 1.807) is 19.2 Å². The van der Waals surface area contributed by atoms with Gasteiger partial charge in [-0.15, -0.1) is 0 Å². The maximum absolute atomic E-state index is 12.5. The van der Waals surface area contributed by atoms with Gasteiger partial charge >= 0.3 is 0 Å². The maximum atomic E-state index is 12.5. The van der Waals surface area contributed by atoms with Crippen molar-refractivity contribution in [1.82, 2.24) is 5.32 Å². The first-order valence-corrected chi connectivity index (χ1v) is 9.86. The highest BCUT2D eigenvalue weighted by Crippen LogP contribution is 2.23. The van der Waals surface area contributed by atoms with E-state index in [1.807, 2.05) is 6.92 Å². The summed E-state index contributed by atoms with van der Waals surface area (Å²) in [6, 6.07) is 10.9. The molecular formula is C18H21ClN2O4S. The van der Waals surface area contributed by atoms with Gasteiger partial charge in [0.25, 0.3) is 15.9 Å². The molecule has 140 valence electrons. The third kappa shape index (κ3) is 5.45. The van der Waals surface area contributed by atoms with Gasteiger partial charge in [0.1, 0.15) is 0 Å². The van der Waals surface area contributed by atoms with Crippen molar-refractivity contribution < 1.29 is 17.9 Å². The third-order valence-electron chi connectivity index (χ3n) is 3.61. The van der Waals surface area contributed by atoms with E-state index < -0.39 is 10.0 Å². The molecule has 0 unspecified atom stereocenters. The number of nitrogens with one attached hydrogen (secondary N) is 2. The number of amides is 1. The number of sulfonamides is 1. The largest absolute Gasteiger partial charge is 0.385 e. The zero-order chi connectivity index (χ0) is 19.2. The highest BCUT2D eigenvalue weighted by molar-refractivity contribution is 7.92. The van der Waals surface area contributed by atoms with E-state index in [4.69, 9.17) is 16.3 Å². The minimum Gasteiger partial charge on any atom is -0.385 e. The number of methoxy groups -OCH3 is 1. The molecule has 6 nitrogen and oxygen atoms in total. The first kappa shape index (κ1) is 20.2. The molecule has 0 aliphatic carbocycles. The fourth-order valence-corrected chi connectivity index (χ4v) is 3.46. The predicted molar refractivity (Wildman–Crippen MR) is 102 cm³/mol. The van der Waals surface area contributed by atoms with Crippen LogP contribution >= 0.6 is 11.6 Å². The molecule has 0 spiro atoms. The molecule has 0 saturated carbocycles. The summed E-state index contributed by atoms with van der Waals surface area (Å²) in [5, 5.41) is 2.97. The fourth-order valence-electron chi connectivity index (χ4n) is 2.21. The number of benzene rings is 2. The second-order valence-electron chi connectivity index (χ2n) is 5.72. The zero-order valence-electron chi connectivity index (χ0n) is 14.6. The lowest BCUT2D eigenvalue weighted by atomic mass is 10.2. The van der Waals surface area contributed by atoms with Gasteiger partial charge in [0, 0.05) is 25.9 Å². The van der Waals surface area contributed by atoms with Gasteiger partial charge in [0.2, 0.25) is 0 Å². The van der Waals surface area contributed by atoms with E-state index in [9.17, 15) is 13.2 Å². The topological polar surface area (TPSA) is 84.5 Å². The van der Waals surface area contributed by atoms with Crippen LogP contribution in [0.4, 0.5) is 5.69 Å². The summed E-state index contributed by atoms with van der Waals surface area (Å²) < 4.78 is 32.3. The van der Waals surface area contributed by atoms with E-state index in [0.717, 1.165) is 5.56 Å². The van der Waals surface area contributed by atoms with E-state index in [1.165, 1.54) is 30.3 Å². The number of aryl methyl sites for hydroxylation is 1. The average molecular weight is 397 g/mol. The minimum absolute atomic E-state index is 0.142. The van der Waals surface area contributed by atoms with Crippen molar-refractivity contribution in [3.05, 3.63) is 58.6 Å². The third-order valence-corrected chi connectivity index (χ3v) is 5.33. The summed E-state index contributed by atoms with van der Waals surface area (Å²) in [5.74, 6) is -0.373. The lowest BCUT2D eigenvalue weighted by Crippen LogP contribution is -2.25. The summed E-state index contributed by atoms with van der Waals surface area (Å²) in [7, 11) is -2.17.